The molecule has 3 heterocycles. The molecule has 0 unspecified atom stereocenters. The molecule has 0 bridgehead atoms. The van der Waals surface area contributed by atoms with Gasteiger partial charge in [0.2, 0.25) is 0 Å². The number of hydrogen-bond acceptors (Lipinski definition) is 6. The van der Waals surface area contributed by atoms with E-state index >= 15 is 0 Å². The number of aromatic carboxylic acids is 1. The third-order valence-electron chi connectivity index (χ3n) is 6.18. The van der Waals surface area contributed by atoms with Crippen molar-refractivity contribution in [1.82, 2.24) is 19.7 Å². The van der Waals surface area contributed by atoms with Gasteiger partial charge >= 0.3 is 12.1 Å². The number of aryl methyl sites for hydroxylation is 1. The minimum atomic E-state index is -1.09. The zero-order valence-corrected chi connectivity index (χ0v) is 26.6. The number of ether oxygens (including phenoxy) is 1. The number of carbonyl (C=O) groups is 3. The van der Waals surface area contributed by atoms with Crippen molar-refractivity contribution in [3.63, 3.8) is 0 Å². The van der Waals surface area contributed by atoms with Crippen LogP contribution in [0, 0.1) is 0 Å². The van der Waals surface area contributed by atoms with Crippen molar-refractivity contribution < 1.29 is 24.2 Å². The van der Waals surface area contributed by atoms with E-state index in [-0.39, 0.29) is 75.6 Å². The maximum atomic E-state index is 13.9. The minimum absolute atomic E-state index is 0. The van der Waals surface area contributed by atoms with E-state index in [2.05, 4.69) is 10.1 Å². The molecule has 0 saturated carbocycles. The van der Waals surface area contributed by atoms with Crippen LogP contribution >= 0.6 is 11.6 Å². The summed E-state index contributed by atoms with van der Waals surface area (Å²) in [6, 6.07) is 9.60. The van der Waals surface area contributed by atoms with Crippen molar-refractivity contribution in [2.24, 2.45) is 7.05 Å². The molecule has 1 aromatic carbocycles. The van der Waals surface area contributed by atoms with Gasteiger partial charge in [-0.3, -0.25) is 14.4 Å². The second-order valence-electron chi connectivity index (χ2n) is 10.1. The second-order valence-corrected chi connectivity index (χ2v) is 10.5. The smallest absolute Gasteiger partial charge is 0.410 e. The number of halogens is 1. The van der Waals surface area contributed by atoms with E-state index in [4.69, 9.17) is 16.3 Å². The van der Waals surface area contributed by atoms with E-state index in [9.17, 15) is 19.5 Å². The zero-order chi connectivity index (χ0) is 27.6. The van der Waals surface area contributed by atoms with E-state index in [1.54, 1.807) is 59.4 Å². The van der Waals surface area contributed by atoms with Gasteiger partial charge in [0, 0.05) is 88.8 Å². The second kappa shape index (κ2) is 12.9. The van der Waals surface area contributed by atoms with Crippen LogP contribution in [0.5, 0.6) is 0 Å². The molecule has 1 fully saturated rings. The fourth-order valence-corrected chi connectivity index (χ4v) is 4.69. The summed E-state index contributed by atoms with van der Waals surface area (Å²) in [7, 11) is 1.56. The summed E-state index contributed by atoms with van der Waals surface area (Å²) in [6.07, 6.45) is 3.93. The first-order valence-electron chi connectivity index (χ1n) is 12.2. The molecule has 39 heavy (non-hydrogen) atoms. The number of benzene rings is 1. The van der Waals surface area contributed by atoms with Crippen LogP contribution in [0.3, 0.4) is 0 Å². The molecule has 1 aliphatic rings. The quantitative estimate of drug-likeness (QED) is 0.443. The average Bonchev–Trinajstić information content (AvgIpc) is 3.26. The van der Waals surface area contributed by atoms with E-state index < -0.39 is 17.7 Å². The maximum absolute atomic E-state index is 13.9. The number of likely N-dealkylation sites (tertiary alicyclic amines) is 1. The number of anilines is 1. The molecule has 1 atom stereocenters. The molecule has 1 aliphatic heterocycles. The van der Waals surface area contributed by atoms with Crippen molar-refractivity contribution in [3.05, 3.63) is 65.1 Å². The summed E-state index contributed by atoms with van der Waals surface area (Å²) in [6.45, 7) is 6.22. The molecule has 4 rings (SSSR count). The van der Waals surface area contributed by atoms with Gasteiger partial charge in [-0.15, -0.1) is 0 Å². The monoisotopic (exact) mass is 578 g/mol. The first-order valence-corrected chi connectivity index (χ1v) is 12.6. The molecule has 2 aromatic heterocycles. The molecular formula is C27H30ClKN5O5. The number of aromatic nitrogens is 3. The first-order chi connectivity index (χ1) is 18.0. The van der Waals surface area contributed by atoms with Gasteiger partial charge in [0.1, 0.15) is 5.60 Å². The van der Waals surface area contributed by atoms with Gasteiger partial charge in [-0.25, -0.2) is 14.6 Å². The molecule has 12 heteroatoms. The van der Waals surface area contributed by atoms with Gasteiger partial charge in [-0.1, -0.05) is 23.7 Å². The van der Waals surface area contributed by atoms with E-state index in [0.29, 0.717) is 46.9 Å². The predicted octanol–water partition coefficient (Wildman–Crippen LogP) is 4.50. The van der Waals surface area contributed by atoms with E-state index in [1.807, 2.05) is 20.8 Å². The molecule has 1 saturated heterocycles. The molecule has 2 amide bonds. The van der Waals surface area contributed by atoms with Crippen LogP contribution in [0.2, 0.25) is 5.02 Å². The van der Waals surface area contributed by atoms with Gasteiger partial charge in [-0.2, -0.15) is 5.10 Å². The van der Waals surface area contributed by atoms with E-state index in [1.165, 1.54) is 10.9 Å². The summed E-state index contributed by atoms with van der Waals surface area (Å²) >= 11 is 6.48. The Bertz CT molecular complexity index is 1360. The van der Waals surface area contributed by atoms with Gasteiger partial charge in [-0.05, 0) is 63.4 Å². The van der Waals surface area contributed by atoms with Crippen molar-refractivity contribution in [1.29, 1.82) is 0 Å². The molecule has 201 valence electrons. The molecular weight excluding hydrogens is 549 g/mol. The number of rotatable bonds is 5. The number of carbonyl (C=O) groups excluding carboxylic acids is 2. The minimum Gasteiger partial charge on any atom is -0.477 e. The molecule has 10 nitrogen and oxygen atoms in total. The summed E-state index contributed by atoms with van der Waals surface area (Å²) < 4.78 is 6.85. The first kappa shape index (κ1) is 31.2. The Balaban J connectivity index is 0.00000420. The van der Waals surface area contributed by atoms with Crippen LogP contribution < -0.4 is 4.90 Å². The molecule has 3 aromatic rings. The van der Waals surface area contributed by atoms with Crippen LogP contribution in [-0.2, 0) is 11.8 Å². The van der Waals surface area contributed by atoms with Crippen LogP contribution in [-0.4, -0.2) is 119 Å². The Morgan fingerprint density at radius 1 is 1.15 bits per heavy atom. The summed E-state index contributed by atoms with van der Waals surface area (Å²) in [4.78, 5) is 45.9. The maximum Gasteiger partial charge on any atom is 0.410 e. The Labute approximate surface area is 274 Å². The SMILES string of the molecule is Cn1ncc(-c2ccc(C(=O)N(c3ncccc3Cl)[C@@H]3CCCN(C(=O)OC(C)(C)C)C3)cc2)c1C(=O)O.[K]. The summed E-state index contributed by atoms with van der Waals surface area (Å²) in [5.74, 6) is -1.12. The number of carboxylic acid groups (broad SMARTS) is 1. The third-order valence-corrected chi connectivity index (χ3v) is 6.48. The number of nitrogens with zero attached hydrogens (tertiary/aromatic N) is 5. The largest absolute Gasteiger partial charge is 0.477 e. The Kier molecular flexibility index (Phi) is 10.4. The van der Waals surface area contributed by atoms with Crippen LogP contribution in [0.1, 0.15) is 54.5 Å². The third kappa shape index (κ3) is 7.27. The van der Waals surface area contributed by atoms with Gasteiger partial charge in [0.15, 0.2) is 11.5 Å². The summed E-state index contributed by atoms with van der Waals surface area (Å²) in [5, 5.41) is 13.9. The molecule has 1 radical (unpaired) electrons. The normalized spacial score (nSPS) is 15.3. The Hall–Kier alpha value is -2.28. The van der Waals surface area contributed by atoms with Gasteiger partial charge < -0.3 is 14.7 Å². The number of hydrogen-bond donors (Lipinski definition) is 1. The molecule has 1 N–H and O–H groups in total. The van der Waals surface area contributed by atoms with Crippen molar-refractivity contribution in [2.75, 3.05) is 18.0 Å². The zero-order valence-electron chi connectivity index (χ0n) is 22.7. The van der Waals surface area contributed by atoms with Crippen molar-refractivity contribution in [2.45, 2.75) is 45.3 Å². The van der Waals surface area contributed by atoms with Gasteiger partial charge in [0.25, 0.3) is 5.91 Å². The number of piperidine rings is 1. The number of pyridine rings is 1. The van der Waals surface area contributed by atoms with Crippen molar-refractivity contribution >= 4 is 86.8 Å². The predicted molar refractivity (Wildman–Crippen MR) is 148 cm³/mol. The number of amides is 2. The van der Waals surface area contributed by atoms with Crippen molar-refractivity contribution in [3.8, 4) is 11.1 Å². The van der Waals surface area contributed by atoms with E-state index in [0.717, 1.165) is 0 Å². The van der Waals surface area contributed by atoms with Crippen LogP contribution in [0.25, 0.3) is 11.1 Å². The average molecular weight is 579 g/mol. The molecule has 0 spiro atoms. The molecule has 0 aliphatic carbocycles. The summed E-state index contributed by atoms with van der Waals surface area (Å²) in [5.41, 5.74) is 0.841. The standard InChI is InChI=1S/C27H30ClN5O5.K/c1-27(2,3)38-26(37)32-14-6-7-19(16-32)33(23-21(28)8-5-13-29-23)24(34)18-11-9-17(10-12-18)20-15-30-31(4)22(20)25(35)36;/h5,8-13,15,19H,6-7,14,16H2,1-4H3,(H,35,36);/t19-;/m1./s1. The van der Waals surface area contributed by atoms with Crippen LogP contribution in [0.4, 0.5) is 10.6 Å². The Morgan fingerprint density at radius 2 is 1.85 bits per heavy atom. The fraction of sp³-hybridized carbons (Fsp3) is 0.370. The Morgan fingerprint density at radius 3 is 2.46 bits per heavy atom. The van der Waals surface area contributed by atoms with Gasteiger partial charge in [0.05, 0.1) is 17.3 Å². The number of carboxylic acids is 1. The van der Waals surface area contributed by atoms with Crippen LogP contribution in [0.15, 0.2) is 48.8 Å². The topological polar surface area (TPSA) is 118 Å². The fourth-order valence-electron chi connectivity index (χ4n) is 4.48.